The molecule has 0 saturated carbocycles. The number of benzene rings is 2. The van der Waals surface area contributed by atoms with E-state index < -0.39 is 29.2 Å². The lowest BCUT2D eigenvalue weighted by atomic mass is 10.2. The standard InChI is InChI=1S/C16H10F2N2O3/c17-11-6-10(7-12(18)15(11)22)20-14(21)8-13(16(20)23)19-9-4-2-1-3-5-9/h1-8,19,22H. The molecule has 23 heavy (non-hydrogen) atoms. The van der Waals surface area contributed by atoms with Crippen molar-refractivity contribution in [1.29, 1.82) is 0 Å². The zero-order valence-corrected chi connectivity index (χ0v) is 11.6. The highest BCUT2D eigenvalue weighted by Gasteiger charge is 2.33. The molecule has 1 heterocycles. The third kappa shape index (κ3) is 2.64. The average Bonchev–Trinajstić information content (AvgIpc) is 2.79. The van der Waals surface area contributed by atoms with Crippen molar-refractivity contribution < 1.29 is 23.5 Å². The normalized spacial score (nSPS) is 14.2. The van der Waals surface area contributed by atoms with E-state index >= 15 is 0 Å². The molecule has 0 unspecified atom stereocenters. The van der Waals surface area contributed by atoms with Crippen molar-refractivity contribution in [3.05, 3.63) is 65.9 Å². The van der Waals surface area contributed by atoms with Crippen LogP contribution < -0.4 is 10.2 Å². The number of para-hydroxylation sites is 1. The van der Waals surface area contributed by atoms with Crippen LogP contribution in [0.1, 0.15) is 0 Å². The largest absolute Gasteiger partial charge is 0.503 e. The summed E-state index contributed by atoms with van der Waals surface area (Å²) in [5.74, 6) is -5.17. The predicted octanol–water partition coefficient (Wildman–Crippen LogP) is 2.54. The molecule has 0 bridgehead atoms. The van der Waals surface area contributed by atoms with E-state index in [2.05, 4.69) is 5.32 Å². The lowest BCUT2D eigenvalue weighted by Crippen LogP contribution is -2.32. The maximum Gasteiger partial charge on any atom is 0.281 e. The number of imide groups is 1. The molecule has 0 saturated heterocycles. The Morgan fingerprint density at radius 3 is 2.22 bits per heavy atom. The van der Waals surface area contributed by atoms with Crippen molar-refractivity contribution in [2.24, 2.45) is 0 Å². The Kier molecular flexibility index (Phi) is 3.53. The van der Waals surface area contributed by atoms with E-state index in [0.29, 0.717) is 22.7 Å². The van der Waals surface area contributed by atoms with Crippen molar-refractivity contribution in [2.75, 3.05) is 10.2 Å². The first-order chi connectivity index (χ1) is 11.0. The molecule has 0 atom stereocenters. The Bertz CT molecular complexity index is 811. The topological polar surface area (TPSA) is 69.6 Å². The number of aromatic hydroxyl groups is 1. The summed E-state index contributed by atoms with van der Waals surface area (Å²) in [6, 6.07) is 10.1. The number of anilines is 2. The molecule has 2 aromatic carbocycles. The maximum atomic E-state index is 13.4. The summed E-state index contributed by atoms with van der Waals surface area (Å²) in [6.07, 6.45) is 1.04. The van der Waals surface area contributed by atoms with E-state index in [9.17, 15) is 18.4 Å². The smallest absolute Gasteiger partial charge is 0.281 e. The van der Waals surface area contributed by atoms with Gasteiger partial charge in [0.1, 0.15) is 5.70 Å². The number of hydrogen-bond donors (Lipinski definition) is 2. The minimum atomic E-state index is -1.26. The van der Waals surface area contributed by atoms with Gasteiger partial charge in [-0.2, -0.15) is 0 Å². The Morgan fingerprint density at radius 2 is 1.61 bits per heavy atom. The van der Waals surface area contributed by atoms with Crippen molar-refractivity contribution >= 4 is 23.2 Å². The Hall–Kier alpha value is -3.22. The van der Waals surface area contributed by atoms with Gasteiger partial charge in [0.15, 0.2) is 17.4 Å². The van der Waals surface area contributed by atoms with Crippen molar-refractivity contribution in [3.63, 3.8) is 0 Å². The first kappa shape index (κ1) is 14.7. The van der Waals surface area contributed by atoms with Crippen LogP contribution in [0.25, 0.3) is 0 Å². The summed E-state index contributed by atoms with van der Waals surface area (Å²) >= 11 is 0. The molecule has 1 aliphatic heterocycles. The second kappa shape index (κ2) is 5.53. The van der Waals surface area contributed by atoms with Gasteiger partial charge in [0.25, 0.3) is 11.8 Å². The number of amides is 2. The molecule has 0 aromatic heterocycles. The molecule has 3 rings (SSSR count). The van der Waals surface area contributed by atoms with Gasteiger partial charge in [-0.1, -0.05) is 18.2 Å². The van der Waals surface area contributed by atoms with Gasteiger partial charge >= 0.3 is 0 Å². The van der Waals surface area contributed by atoms with Crippen LogP contribution in [-0.4, -0.2) is 16.9 Å². The molecule has 0 radical (unpaired) electrons. The average molecular weight is 316 g/mol. The lowest BCUT2D eigenvalue weighted by molar-refractivity contribution is -0.120. The van der Waals surface area contributed by atoms with Gasteiger partial charge in [0, 0.05) is 23.9 Å². The van der Waals surface area contributed by atoms with Gasteiger partial charge in [-0.15, -0.1) is 0 Å². The highest BCUT2D eigenvalue weighted by atomic mass is 19.1. The number of rotatable bonds is 3. The Morgan fingerprint density at radius 1 is 1.00 bits per heavy atom. The van der Waals surface area contributed by atoms with Crippen LogP contribution in [0, 0.1) is 11.6 Å². The van der Waals surface area contributed by atoms with Crippen LogP contribution in [0.4, 0.5) is 20.2 Å². The van der Waals surface area contributed by atoms with E-state index in [0.717, 1.165) is 6.08 Å². The molecule has 1 aliphatic rings. The van der Waals surface area contributed by atoms with Gasteiger partial charge in [0.05, 0.1) is 5.69 Å². The quantitative estimate of drug-likeness (QED) is 0.854. The monoisotopic (exact) mass is 316 g/mol. The molecular weight excluding hydrogens is 306 g/mol. The van der Waals surface area contributed by atoms with E-state index in [1.54, 1.807) is 30.3 Å². The zero-order valence-electron chi connectivity index (χ0n) is 11.6. The summed E-state index contributed by atoms with van der Waals surface area (Å²) in [5.41, 5.74) is 0.272. The molecule has 7 heteroatoms. The number of hydrogen-bond acceptors (Lipinski definition) is 4. The Balaban J connectivity index is 1.90. The number of phenolic OH excluding ortho intramolecular Hbond substituents is 1. The van der Waals surface area contributed by atoms with Crippen LogP contribution in [0.5, 0.6) is 5.75 Å². The molecule has 0 fully saturated rings. The van der Waals surface area contributed by atoms with Gasteiger partial charge < -0.3 is 10.4 Å². The third-order valence-corrected chi connectivity index (χ3v) is 3.23. The first-order valence-corrected chi connectivity index (χ1v) is 6.57. The summed E-state index contributed by atoms with van der Waals surface area (Å²) < 4.78 is 26.8. The van der Waals surface area contributed by atoms with Crippen LogP contribution >= 0.6 is 0 Å². The molecular formula is C16H10F2N2O3. The van der Waals surface area contributed by atoms with E-state index in [4.69, 9.17) is 5.11 Å². The van der Waals surface area contributed by atoms with Gasteiger partial charge in [-0.25, -0.2) is 13.7 Å². The number of carbonyl (C=O) groups is 2. The highest BCUT2D eigenvalue weighted by Crippen LogP contribution is 2.29. The second-order valence-corrected chi connectivity index (χ2v) is 4.79. The van der Waals surface area contributed by atoms with Crippen molar-refractivity contribution in [1.82, 2.24) is 0 Å². The minimum Gasteiger partial charge on any atom is -0.503 e. The summed E-state index contributed by atoms with van der Waals surface area (Å²) in [7, 11) is 0. The molecule has 0 spiro atoms. The van der Waals surface area contributed by atoms with E-state index in [1.807, 2.05) is 0 Å². The van der Waals surface area contributed by atoms with Gasteiger partial charge in [-0.3, -0.25) is 9.59 Å². The number of nitrogens with zero attached hydrogens (tertiary/aromatic N) is 1. The minimum absolute atomic E-state index is 0.0184. The first-order valence-electron chi connectivity index (χ1n) is 6.57. The van der Waals surface area contributed by atoms with Gasteiger partial charge in [-0.05, 0) is 12.1 Å². The molecule has 5 nitrogen and oxygen atoms in total. The Labute approximate surface area is 129 Å². The number of nitrogens with one attached hydrogen (secondary N) is 1. The summed E-state index contributed by atoms with van der Waals surface area (Å²) in [5, 5.41) is 11.9. The molecule has 116 valence electrons. The van der Waals surface area contributed by atoms with E-state index in [1.165, 1.54) is 0 Å². The van der Waals surface area contributed by atoms with Crippen LogP contribution in [0.3, 0.4) is 0 Å². The van der Waals surface area contributed by atoms with Crippen LogP contribution in [0.15, 0.2) is 54.2 Å². The maximum absolute atomic E-state index is 13.4. The SMILES string of the molecule is O=C1C=C(Nc2ccccc2)C(=O)N1c1cc(F)c(O)c(F)c1. The fourth-order valence-corrected chi connectivity index (χ4v) is 2.16. The molecule has 2 amide bonds. The second-order valence-electron chi connectivity index (χ2n) is 4.79. The number of halogens is 2. The van der Waals surface area contributed by atoms with Crippen LogP contribution in [0.2, 0.25) is 0 Å². The summed E-state index contributed by atoms with van der Waals surface area (Å²) in [4.78, 5) is 24.9. The number of carbonyl (C=O) groups excluding carboxylic acids is 2. The van der Waals surface area contributed by atoms with Crippen LogP contribution in [-0.2, 0) is 9.59 Å². The zero-order chi connectivity index (χ0) is 16.6. The highest BCUT2D eigenvalue weighted by molar-refractivity contribution is 6.31. The van der Waals surface area contributed by atoms with Crippen molar-refractivity contribution in [2.45, 2.75) is 0 Å². The molecule has 2 aromatic rings. The lowest BCUT2D eigenvalue weighted by Gasteiger charge is -2.16. The molecule has 0 aliphatic carbocycles. The number of phenols is 1. The fourth-order valence-electron chi connectivity index (χ4n) is 2.16. The van der Waals surface area contributed by atoms with Gasteiger partial charge in [0.2, 0.25) is 0 Å². The summed E-state index contributed by atoms with van der Waals surface area (Å²) in [6.45, 7) is 0. The predicted molar refractivity (Wildman–Crippen MR) is 78.7 cm³/mol. The fraction of sp³-hybridized carbons (Fsp3) is 0. The van der Waals surface area contributed by atoms with E-state index in [-0.39, 0.29) is 11.4 Å². The van der Waals surface area contributed by atoms with Crippen molar-refractivity contribution in [3.8, 4) is 5.75 Å². The molecule has 2 N–H and O–H groups in total. The third-order valence-electron chi connectivity index (χ3n) is 3.23.